The third-order valence-electron chi connectivity index (χ3n) is 2.89. The number of aliphatic hydroxyl groups is 1. The lowest BCUT2D eigenvalue weighted by molar-refractivity contribution is 0.0993. The molecule has 2 aromatic carbocycles. The first-order chi connectivity index (χ1) is 9.72. The van der Waals surface area contributed by atoms with E-state index in [1.807, 2.05) is 30.3 Å². The van der Waals surface area contributed by atoms with Gasteiger partial charge < -0.3 is 10.0 Å². The Morgan fingerprint density at radius 1 is 1.10 bits per heavy atom. The van der Waals surface area contributed by atoms with E-state index in [4.69, 9.17) is 5.11 Å². The quantitative estimate of drug-likeness (QED) is 0.846. The van der Waals surface area contributed by atoms with Gasteiger partial charge in [-0.2, -0.15) is 0 Å². The minimum absolute atomic E-state index is 0.0714. The average Bonchev–Trinajstić information content (AvgIpc) is 2.53. The second-order valence-corrected chi connectivity index (χ2v) is 4.24. The molecule has 0 bridgehead atoms. The topological polar surface area (TPSA) is 40.5 Å². The van der Waals surface area contributed by atoms with E-state index in [1.54, 1.807) is 36.2 Å². The molecule has 0 atom stereocenters. The summed E-state index contributed by atoms with van der Waals surface area (Å²) in [6, 6.07) is 16.5. The molecule has 0 radical (unpaired) electrons. The van der Waals surface area contributed by atoms with Crippen LogP contribution in [-0.4, -0.2) is 24.7 Å². The van der Waals surface area contributed by atoms with Gasteiger partial charge in [-0.15, -0.1) is 0 Å². The summed E-state index contributed by atoms with van der Waals surface area (Å²) in [6.07, 6.45) is 0. The summed E-state index contributed by atoms with van der Waals surface area (Å²) in [5, 5.41) is 8.63. The number of carbonyl (C=O) groups excluding carboxylic acids is 1. The van der Waals surface area contributed by atoms with Gasteiger partial charge >= 0.3 is 0 Å². The van der Waals surface area contributed by atoms with E-state index in [0.29, 0.717) is 5.56 Å². The SMILES string of the molecule is CN(C(=O)c1ccc(C#CCO)cc1)c1ccccc1. The fraction of sp³-hybridized carbons (Fsp3) is 0.118. The lowest BCUT2D eigenvalue weighted by Gasteiger charge is -2.17. The first-order valence-corrected chi connectivity index (χ1v) is 6.25. The third kappa shape index (κ3) is 3.25. The number of benzene rings is 2. The molecule has 0 aliphatic rings. The molecule has 0 heterocycles. The summed E-state index contributed by atoms with van der Waals surface area (Å²) in [5.74, 6) is 5.30. The summed E-state index contributed by atoms with van der Waals surface area (Å²) in [4.78, 5) is 13.9. The van der Waals surface area contributed by atoms with Crippen LogP contribution in [0.25, 0.3) is 0 Å². The maximum atomic E-state index is 12.3. The highest BCUT2D eigenvalue weighted by molar-refractivity contribution is 6.05. The highest BCUT2D eigenvalue weighted by Gasteiger charge is 2.12. The molecule has 1 amide bonds. The standard InChI is InChI=1S/C17H15NO2/c1-18(16-7-3-2-4-8-16)17(20)15-11-9-14(10-12-15)6-5-13-19/h2-4,7-12,19H,13H2,1H3. The van der Waals surface area contributed by atoms with Crippen molar-refractivity contribution in [2.24, 2.45) is 0 Å². The summed E-state index contributed by atoms with van der Waals surface area (Å²) in [7, 11) is 1.75. The van der Waals surface area contributed by atoms with Crippen molar-refractivity contribution in [2.75, 3.05) is 18.6 Å². The van der Waals surface area contributed by atoms with Gasteiger partial charge in [-0.25, -0.2) is 0 Å². The van der Waals surface area contributed by atoms with Crippen molar-refractivity contribution < 1.29 is 9.90 Å². The number of amides is 1. The smallest absolute Gasteiger partial charge is 0.258 e. The second-order valence-electron chi connectivity index (χ2n) is 4.24. The highest BCUT2D eigenvalue weighted by Crippen LogP contribution is 2.15. The lowest BCUT2D eigenvalue weighted by Crippen LogP contribution is -2.26. The van der Waals surface area contributed by atoms with Gasteiger partial charge in [0, 0.05) is 23.9 Å². The van der Waals surface area contributed by atoms with E-state index in [1.165, 1.54) is 0 Å². The van der Waals surface area contributed by atoms with Crippen LogP contribution in [0.2, 0.25) is 0 Å². The first-order valence-electron chi connectivity index (χ1n) is 6.25. The van der Waals surface area contributed by atoms with Crippen molar-refractivity contribution in [2.45, 2.75) is 0 Å². The number of rotatable bonds is 2. The van der Waals surface area contributed by atoms with E-state index >= 15 is 0 Å². The lowest BCUT2D eigenvalue weighted by atomic mass is 10.1. The van der Waals surface area contributed by atoms with E-state index in [-0.39, 0.29) is 12.5 Å². The van der Waals surface area contributed by atoms with Crippen LogP contribution in [0.15, 0.2) is 54.6 Å². The Balaban J connectivity index is 2.17. The molecular formula is C17H15NO2. The third-order valence-corrected chi connectivity index (χ3v) is 2.89. The number of para-hydroxylation sites is 1. The van der Waals surface area contributed by atoms with Crippen LogP contribution >= 0.6 is 0 Å². The van der Waals surface area contributed by atoms with E-state index in [2.05, 4.69) is 11.8 Å². The molecule has 0 spiro atoms. The Labute approximate surface area is 118 Å². The maximum Gasteiger partial charge on any atom is 0.258 e. The number of hydrogen-bond donors (Lipinski definition) is 1. The molecule has 1 N–H and O–H groups in total. The van der Waals surface area contributed by atoms with Crippen molar-refractivity contribution in [1.82, 2.24) is 0 Å². The van der Waals surface area contributed by atoms with Crippen molar-refractivity contribution in [3.05, 3.63) is 65.7 Å². The number of carbonyl (C=O) groups is 1. The molecule has 0 unspecified atom stereocenters. The van der Waals surface area contributed by atoms with Crippen molar-refractivity contribution in [3.8, 4) is 11.8 Å². The summed E-state index contributed by atoms with van der Waals surface area (Å²) in [6.45, 7) is -0.169. The molecule has 100 valence electrons. The largest absolute Gasteiger partial charge is 0.384 e. The Morgan fingerprint density at radius 3 is 2.35 bits per heavy atom. The molecule has 0 aliphatic carbocycles. The first kappa shape index (κ1) is 13.9. The molecule has 0 fully saturated rings. The molecule has 2 aromatic rings. The minimum Gasteiger partial charge on any atom is -0.384 e. The van der Waals surface area contributed by atoms with Gasteiger partial charge in [-0.05, 0) is 36.4 Å². The molecule has 0 saturated heterocycles. The monoisotopic (exact) mass is 265 g/mol. The normalized spacial score (nSPS) is 9.50. The van der Waals surface area contributed by atoms with Crippen LogP contribution in [0, 0.1) is 11.8 Å². The zero-order valence-electron chi connectivity index (χ0n) is 11.2. The Bertz CT molecular complexity index is 636. The number of hydrogen-bond acceptors (Lipinski definition) is 2. The van der Waals surface area contributed by atoms with Crippen LogP contribution in [0.1, 0.15) is 15.9 Å². The Morgan fingerprint density at radius 2 is 1.75 bits per heavy atom. The van der Waals surface area contributed by atoms with Crippen LogP contribution in [-0.2, 0) is 0 Å². The van der Waals surface area contributed by atoms with Crippen LogP contribution < -0.4 is 4.90 Å². The molecule has 0 aromatic heterocycles. The molecule has 0 saturated carbocycles. The molecule has 3 heteroatoms. The Kier molecular flexibility index (Phi) is 4.54. The van der Waals surface area contributed by atoms with Crippen LogP contribution in [0.5, 0.6) is 0 Å². The van der Waals surface area contributed by atoms with Gasteiger partial charge in [0.2, 0.25) is 0 Å². The number of aliphatic hydroxyl groups excluding tert-OH is 1. The van der Waals surface area contributed by atoms with E-state index in [9.17, 15) is 4.79 Å². The Hall–Kier alpha value is -2.57. The fourth-order valence-corrected chi connectivity index (χ4v) is 1.80. The molecule has 2 rings (SSSR count). The number of nitrogens with zero attached hydrogens (tertiary/aromatic N) is 1. The summed E-state index contributed by atoms with van der Waals surface area (Å²) < 4.78 is 0. The maximum absolute atomic E-state index is 12.3. The van der Waals surface area contributed by atoms with Gasteiger partial charge in [-0.3, -0.25) is 4.79 Å². The number of anilines is 1. The second kappa shape index (κ2) is 6.55. The predicted molar refractivity (Wildman–Crippen MR) is 79.6 cm³/mol. The molecular weight excluding hydrogens is 250 g/mol. The summed E-state index contributed by atoms with van der Waals surface area (Å²) >= 11 is 0. The van der Waals surface area contributed by atoms with Crippen molar-refractivity contribution >= 4 is 11.6 Å². The van der Waals surface area contributed by atoms with Gasteiger partial charge in [0.15, 0.2) is 0 Å². The summed E-state index contributed by atoms with van der Waals surface area (Å²) in [5.41, 5.74) is 2.23. The van der Waals surface area contributed by atoms with Crippen LogP contribution in [0.3, 0.4) is 0 Å². The van der Waals surface area contributed by atoms with Gasteiger partial charge in [0.1, 0.15) is 6.61 Å². The molecule has 0 aliphatic heterocycles. The zero-order chi connectivity index (χ0) is 14.4. The van der Waals surface area contributed by atoms with E-state index < -0.39 is 0 Å². The van der Waals surface area contributed by atoms with Gasteiger partial charge in [0.05, 0.1) is 0 Å². The minimum atomic E-state index is -0.169. The average molecular weight is 265 g/mol. The van der Waals surface area contributed by atoms with Crippen LogP contribution in [0.4, 0.5) is 5.69 Å². The zero-order valence-corrected chi connectivity index (χ0v) is 11.2. The van der Waals surface area contributed by atoms with Gasteiger partial charge in [0.25, 0.3) is 5.91 Å². The fourth-order valence-electron chi connectivity index (χ4n) is 1.80. The molecule has 3 nitrogen and oxygen atoms in total. The van der Waals surface area contributed by atoms with Gasteiger partial charge in [-0.1, -0.05) is 30.0 Å². The molecule has 20 heavy (non-hydrogen) atoms. The highest BCUT2D eigenvalue weighted by atomic mass is 16.2. The van der Waals surface area contributed by atoms with Crippen molar-refractivity contribution in [1.29, 1.82) is 0 Å². The predicted octanol–water partition coefficient (Wildman–Crippen LogP) is 2.31. The van der Waals surface area contributed by atoms with E-state index in [0.717, 1.165) is 11.3 Å². The van der Waals surface area contributed by atoms with Crippen molar-refractivity contribution in [3.63, 3.8) is 0 Å².